The third-order valence-electron chi connectivity index (χ3n) is 4.12. The van der Waals surface area contributed by atoms with Gasteiger partial charge in [-0.05, 0) is 36.8 Å². The summed E-state index contributed by atoms with van der Waals surface area (Å²) in [5.74, 6) is 0. The molecule has 112 valence electrons. The molecule has 0 radical (unpaired) electrons. The molecule has 0 saturated heterocycles. The zero-order valence-electron chi connectivity index (χ0n) is 13.1. The largest absolute Gasteiger partial charge is 0.0622 e. The highest BCUT2D eigenvalue weighted by molar-refractivity contribution is 5.15. The fourth-order valence-corrected chi connectivity index (χ4v) is 2.83. The van der Waals surface area contributed by atoms with E-state index in [1.807, 2.05) is 0 Å². The minimum Gasteiger partial charge on any atom is -0.0622 e. The molecular formula is C21H28. The summed E-state index contributed by atoms with van der Waals surface area (Å²) < 4.78 is 0. The van der Waals surface area contributed by atoms with E-state index in [1.54, 1.807) is 0 Å². The molecule has 0 aliphatic rings. The van der Waals surface area contributed by atoms with Gasteiger partial charge in [-0.1, -0.05) is 92.8 Å². The minimum absolute atomic E-state index is 1.24. The van der Waals surface area contributed by atoms with Gasteiger partial charge in [0.15, 0.2) is 0 Å². The van der Waals surface area contributed by atoms with E-state index < -0.39 is 0 Å². The zero-order chi connectivity index (χ0) is 14.6. The Kier molecular flexibility index (Phi) is 7.69. The Labute approximate surface area is 130 Å². The van der Waals surface area contributed by atoms with Crippen LogP contribution in [-0.4, -0.2) is 0 Å². The summed E-state index contributed by atoms with van der Waals surface area (Å²) in [6.45, 7) is 0. The van der Waals surface area contributed by atoms with E-state index in [2.05, 4.69) is 60.7 Å². The molecule has 0 aliphatic carbocycles. The lowest BCUT2D eigenvalue weighted by Crippen LogP contribution is -1.87. The lowest BCUT2D eigenvalue weighted by Gasteiger charge is -2.03. The third kappa shape index (κ3) is 7.13. The molecular weight excluding hydrogens is 252 g/mol. The van der Waals surface area contributed by atoms with Crippen molar-refractivity contribution in [2.45, 2.75) is 57.8 Å². The fourth-order valence-electron chi connectivity index (χ4n) is 2.83. The van der Waals surface area contributed by atoms with Crippen LogP contribution in [0.25, 0.3) is 0 Å². The summed E-state index contributed by atoms with van der Waals surface area (Å²) in [5, 5.41) is 0. The van der Waals surface area contributed by atoms with Crippen molar-refractivity contribution in [1.82, 2.24) is 0 Å². The Balaban J connectivity index is 1.40. The molecule has 0 amide bonds. The van der Waals surface area contributed by atoms with Crippen LogP contribution in [0.1, 0.15) is 56.1 Å². The van der Waals surface area contributed by atoms with Gasteiger partial charge in [0.2, 0.25) is 0 Å². The van der Waals surface area contributed by atoms with Crippen LogP contribution >= 0.6 is 0 Å². The first-order valence-electron chi connectivity index (χ1n) is 8.53. The Bertz CT molecular complexity index is 412. The molecule has 0 unspecified atom stereocenters. The van der Waals surface area contributed by atoms with Gasteiger partial charge in [-0.3, -0.25) is 0 Å². The molecule has 2 aromatic carbocycles. The molecule has 0 aliphatic heterocycles. The van der Waals surface area contributed by atoms with Gasteiger partial charge in [-0.15, -0.1) is 0 Å². The SMILES string of the molecule is c1ccc(CCCCCCCCCc2ccccc2)cc1. The van der Waals surface area contributed by atoms with Gasteiger partial charge >= 0.3 is 0 Å². The van der Waals surface area contributed by atoms with Crippen molar-refractivity contribution < 1.29 is 0 Å². The summed E-state index contributed by atoms with van der Waals surface area (Å²) in [6.07, 6.45) is 12.1. The highest BCUT2D eigenvalue weighted by Crippen LogP contribution is 2.12. The Morgan fingerprint density at radius 2 is 0.714 bits per heavy atom. The van der Waals surface area contributed by atoms with Gasteiger partial charge in [-0.2, -0.15) is 0 Å². The van der Waals surface area contributed by atoms with Crippen LogP contribution < -0.4 is 0 Å². The molecule has 21 heavy (non-hydrogen) atoms. The van der Waals surface area contributed by atoms with Crippen molar-refractivity contribution in [3.05, 3.63) is 71.8 Å². The molecule has 0 heteroatoms. The predicted octanol–water partition coefficient (Wildman–Crippen LogP) is 6.20. The molecule has 0 fully saturated rings. The topological polar surface area (TPSA) is 0 Å². The van der Waals surface area contributed by atoms with Crippen LogP contribution in [0.4, 0.5) is 0 Å². The summed E-state index contributed by atoms with van der Waals surface area (Å²) in [7, 11) is 0. The number of rotatable bonds is 10. The molecule has 0 nitrogen and oxygen atoms in total. The van der Waals surface area contributed by atoms with Crippen LogP contribution in [0.5, 0.6) is 0 Å². The van der Waals surface area contributed by atoms with Crippen molar-refractivity contribution >= 4 is 0 Å². The minimum atomic E-state index is 1.24. The first kappa shape index (κ1) is 15.8. The summed E-state index contributed by atoms with van der Waals surface area (Å²) >= 11 is 0. The van der Waals surface area contributed by atoms with E-state index in [-0.39, 0.29) is 0 Å². The molecule has 2 rings (SSSR count). The number of aryl methyl sites for hydroxylation is 2. The first-order valence-corrected chi connectivity index (χ1v) is 8.53. The highest BCUT2D eigenvalue weighted by Gasteiger charge is 1.95. The Morgan fingerprint density at radius 3 is 1.10 bits per heavy atom. The maximum absolute atomic E-state index is 2.24. The fraction of sp³-hybridized carbons (Fsp3) is 0.429. The second-order valence-corrected chi connectivity index (χ2v) is 5.95. The predicted molar refractivity (Wildman–Crippen MR) is 92.6 cm³/mol. The van der Waals surface area contributed by atoms with E-state index in [0.717, 1.165) is 0 Å². The standard InChI is InChI=1S/C21H28/c1(2-4-8-14-20-16-10-6-11-17-20)3-5-9-15-21-18-12-7-13-19-21/h6-7,10-13,16-19H,1-5,8-9,14-15H2. The van der Waals surface area contributed by atoms with E-state index in [4.69, 9.17) is 0 Å². The normalized spacial score (nSPS) is 10.7. The van der Waals surface area contributed by atoms with Crippen molar-refractivity contribution in [3.8, 4) is 0 Å². The van der Waals surface area contributed by atoms with E-state index >= 15 is 0 Å². The summed E-state index contributed by atoms with van der Waals surface area (Å²) in [5.41, 5.74) is 2.97. The second kappa shape index (κ2) is 10.2. The van der Waals surface area contributed by atoms with Crippen LogP contribution in [-0.2, 0) is 12.8 Å². The number of hydrogen-bond acceptors (Lipinski definition) is 0. The van der Waals surface area contributed by atoms with Crippen LogP contribution in [0, 0.1) is 0 Å². The van der Waals surface area contributed by atoms with Gasteiger partial charge in [0.05, 0.1) is 0 Å². The van der Waals surface area contributed by atoms with Gasteiger partial charge in [0.25, 0.3) is 0 Å². The summed E-state index contributed by atoms with van der Waals surface area (Å²) in [4.78, 5) is 0. The second-order valence-electron chi connectivity index (χ2n) is 5.95. The van der Waals surface area contributed by atoms with E-state index in [9.17, 15) is 0 Å². The van der Waals surface area contributed by atoms with Gasteiger partial charge in [0.1, 0.15) is 0 Å². The maximum Gasteiger partial charge on any atom is -0.0279 e. The molecule has 0 saturated carbocycles. The quantitative estimate of drug-likeness (QED) is 0.454. The lowest BCUT2D eigenvalue weighted by atomic mass is 10.0. The van der Waals surface area contributed by atoms with Gasteiger partial charge in [0, 0.05) is 0 Å². The first-order chi connectivity index (χ1) is 10.4. The third-order valence-corrected chi connectivity index (χ3v) is 4.12. The van der Waals surface area contributed by atoms with E-state index in [0.29, 0.717) is 0 Å². The Morgan fingerprint density at radius 1 is 0.381 bits per heavy atom. The number of hydrogen-bond donors (Lipinski definition) is 0. The Hall–Kier alpha value is -1.56. The number of unbranched alkanes of at least 4 members (excludes halogenated alkanes) is 6. The van der Waals surface area contributed by atoms with Crippen molar-refractivity contribution in [2.75, 3.05) is 0 Å². The highest BCUT2D eigenvalue weighted by atomic mass is 14.0. The molecule has 2 aromatic rings. The average molecular weight is 280 g/mol. The van der Waals surface area contributed by atoms with Crippen LogP contribution in [0.15, 0.2) is 60.7 Å². The number of benzene rings is 2. The zero-order valence-corrected chi connectivity index (χ0v) is 13.1. The molecule has 0 heterocycles. The van der Waals surface area contributed by atoms with Crippen molar-refractivity contribution in [3.63, 3.8) is 0 Å². The molecule has 0 atom stereocenters. The molecule has 0 N–H and O–H groups in total. The lowest BCUT2D eigenvalue weighted by molar-refractivity contribution is 0.579. The monoisotopic (exact) mass is 280 g/mol. The summed E-state index contributed by atoms with van der Waals surface area (Å²) in [6, 6.07) is 21.7. The van der Waals surface area contributed by atoms with Crippen LogP contribution in [0.2, 0.25) is 0 Å². The maximum atomic E-state index is 2.24. The van der Waals surface area contributed by atoms with Gasteiger partial charge in [-0.25, -0.2) is 0 Å². The van der Waals surface area contributed by atoms with E-state index in [1.165, 1.54) is 68.9 Å². The molecule has 0 aromatic heterocycles. The van der Waals surface area contributed by atoms with Crippen molar-refractivity contribution in [2.24, 2.45) is 0 Å². The molecule has 0 bridgehead atoms. The van der Waals surface area contributed by atoms with Gasteiger partial charge < -0.3 is 0 Å². The van der Waals surface area contributed by atoms with Crippen molar-refractivity contribution in [1.29, 1.82) is 0 Å². The van der Waals surface area contributed by atoms with Crippen LogP contribution in [0.3, 0.4) is 0 Å². The molecule has 0 spiro atoms. The average Bonchev–Trinajstić information content (AvgIpc) is 2.55. The smallest absolute Gasteiger partial charge is 0.0279 e.